The number of hydrogen-bond acceptors (Lipinski definition) is 3. The minimum atomic E-state index is -0.0593. The second-order valence-electron chi connectivity index (χ2n) is 3.04. The molecule has 0 aromatic carbocycles. The average Bonchev–Trinajstić information content (AvgIpc) is 2.21. The van der Waals surface area contributed by atoms with Gasteiger partial charge in [-0.25, -0.2) is 0 Å². The molecule has 3 nitrogen and oxygen atoms in total. The van der Waals surface area contributed by atoms with Gasteiger partial charge < -0.3 is 9.47 Å². The van der Waals surface area contributed by atoms with Crippen LogP contribution >= 0.6 is 0 Å². The molecule has 0 radical (unpaired) electrons. The van der Waals surface area contributed by atoms with Gasteiger partial charge >= 0.3 is 5.97 Å². The number of esters is 1. The van der Waals surface area contributed by atoms with Crippen LogP contribution in [0.5, 0.6) is 0 Å². The average molecular weight is 358 g/mol. The number of ether oxygens (including phenoxy) is 2. The van der Waals surface area contributed by atoms with Crippen molar-refractivity contribution in [3.63, 3.8) is 0 Å². The summed E-state index contributed by atoms with van der Waals surface area (Å²) in [4.78, 5) is 10.7. The number of carbonyl (C=O) groups excluding carboxylic acids is 1. The van der Waals surface area contributed by atoms with Crippen molar-refractivity contribution in [2.24, 2.45) is 0 Å². The van der Waals surface area contributed by atoms with Crippen LogP contribution in [0.25, 0.3) is 0 Å². The molecule has 0 aliphatic carbocycles. The maximum absolute atomic E-state index is 10.7. The summed E-state index contributed by atoms with van der Waals surface area (Å²) in [6, 6.07) is 0. The van der Waals surface area contributed by atoms with Crippen LogP contribution in [0.3, 0.4) is 0 Å². The molecule has 0 fully saturated rings. The van der Waals surface area contributed by atoms with Gasteiger partial charge in [-0.2, -0.15) is 0 Å². The molecular weight excluding hydrogens is 332 g/mol. The number of rotatable bonds is 7. The number of unbranched alkanes of at least 4 members (excludes halogenated alkanes) is 2. The Balaban J connectivity index is -0.000000242. The van der Waals surface area contributed by atoms with Crippen LogP contribution in [0.1, 0.15) is 53.4 Å². The Kier molecular flexibility index (Phi) is 29.1. The smallest absolute Gasteiger partial charge is 0.305 e. The van der Waals surface area contributed by atoms with Crippen molar-refractivity contribution in [1.82, 2.24) is 0 Å². The molecule has 0 rings (SSSR count). The first-order chi connectivity index (χ1) is 7.22. The normalized spacial score (nSPS) is 8.50. The summed E-state index contributed by atoms with van der Waals surface area (Å²) in [7, 11) is 0. The largest absolute Gasteiger partial charge is 0.466 e. The summed E-state index contributed by atoms with van der Waals surface area (Å²) >= 11 is 0. The molecule has 0 aliphatic rings. The number of hydrogen-bond donors (Lipinski definition) is 0. The molecule has 16 heavy (non-hydrogen) atoms. The van der Waals surface area contributed by atoms with Gasteiger partial charge in [-0.05, 0) is 27.2 Å². The zero-order valence-electron chi connectivity index (χ0n) is 11.2. The van der Waals surface area contributed by atoms with E-state index in [1.54, 1.807) is 0 Å². The summed E-state index contributed by atoms with van der Waals surface area (Å²) in [5, 5.41) is 0. The van der Waals surface area contributed by atoms with Gasteiger partial charge in [0.25, 0.3) is 0 Å². The molecule has 96 valence electrons. The Morgan fingerprint density at radius 1 is 0.938 bits per heavy atom. The van der Waals surface area contributed by atoms with E-state index in [0.29, 0.717) is 13.0 Å². The van der Waals surface area contributed by atoms with E-state index in [1.807, 2.05) is 20.8 Å². The van der Waals surface area contributed by atoms with Gasteiger partial charge in [-0.3, -0.25) is 4.79 Å². The van der Waals surface area contributed by atoms with Crippen LogP contribution in [-0.2, 0) is 14.3 Å². The third kappa shape index (κ3) is 24.2. The van der Waals surface area contributed by atoms with Crippen molar-refractivity contribution < 1.29 is 56.0 Å². The molecule has 0 spiro atoms. The third-order valence-corrected chi connectivity index (χ3v) is 1.70. The molecule has 0 saturated carbocycles. The van der Waals surface area contributed by atoms with Crippen molar-refractivity contribution in [2.75, 3.05) is 19.8 Å². The molecule has 0 heterocycles. The second kappa shape index (κ2) is 21.1. The fraction of sp³-hybridized carbons (Fsp3) is 0.917. The van der Waals surface area contributed by atoms with Crippen molar-refractivity contribution in [3.8, 4) is 0 Å². The summed E-state index contributed by atoms with van der Waals surface area (Å²) < 4.78 is 9.58. The Hall–Kier alpha value is 0.807. The molecule has 0 aromatic rings. The monoisotopic (exact) mass is 358 g/mol. The first-order valence-corrected chi connectivity index (χ1v) is 5.96. The summed E-state index contributed by atoms with van der Waals surface area (Å²) in [5.41, 5.74) is 0. The van der Waals surface area contributed by atoms with E-state index in [4.69, 9.17) is 9.47 Å². The van der Waals surface area contributed by atoms with E-state index >= 15 is 0 Å². The van der Waals surface area contributed by atoms with Gasteiger partial charge in [0.15, 0.2) is 0 Å². The van der Waals surface area contributed by atoms with E-state index < -0.39 is 0 Å². The molecule has 0 bridgehead atoms. The quantitative estimate of drug-likeness (QED) is 0.518. The van der Waals surface area contributed by atoms with Gasteiger partial charge in [0, 0.05) is 61.4 Å². The van der Waals surface area contributed by atoms with Gasteiger partial charge in [0.05, 0.1) is 6.61 Å². The fourth-order valence-corrected chi connectivity index (χ4v) is 0.957. The maximum atomic E-state index is 10.7. The van der Waals surface area contributed by atoms with Crippen LogP contribution in [0.4, 0.5) is 0 Å². The van der Waals surface area contributed by atoms with Crippen molar-refractivity contribution >= 4 is 5.97 Å². The molecule has 0 unspecified atom stereocenters. The van der Waals surface area contributed by atoms with Crippen LogP contribution in [0, 0.1) is 41.7 Å². The third-order valence-electron chi connectivity index (χ3n) is 1.70. The van der Waals surface area contributed by atoms with E-state index in [9.17, 15) is 4.79 Å². The van der Waals surface area contributed by atoms with Gasteiger partial charge in [-0.15, -0.1) is 0 Å². The van der Waals surface area contributed by atoms with Gasteiger partial charge in [0.2, 0.25) is 0 Å². The van der Waals surface area contributed by atoms with Crippen LogP contribution in [0.2, 0.25) is 0 Å². The molecule has 4 heteroatoms. The fourth-order valence-electron chi connectivity index (χ4n) is 0.957. The topological polar surface area (TPSA) is 35.5 Å². The molecule has 0 saturated heterocycles. The molecule has 0 aromatic heterocycles. The Morgan fingerprint density at radius 3 is 1.81 bits per heavy atom. The molecule has 0 atom stereocenters. The Morgan fingerprint density at radius 2 is 1.50 bits per heavy atom. The first-order valence-electron chi connectivity index (χ1n) is 5.96. The Labute approximate surface area is 134 Å². The van der Waals surface area contributed by atoms with E-state index in [0.717, 1.165) is 32.5 Å². The summed E-state index contributed by atoms with van der Waals surface area (Å²) in [6.45, 7) is 10.1. The molecule has 0 N–H and O–H groups in total. The van der Waals surface area contributed by atoms with Crippen LogP contribution < -0.4 is 0 Å². The molecule has 0 aliphatic heterocycles. The van der Waals surface area contributed by atoms with Crippen LogP contribution in [-0.4, -0.2) is 25.8 Å². The zero-order valence-corrected chi connectivity index (χ0v) is 14.3. The minimum absolute atomic E-state index is 0. The van der Waals surface area contributed by atoms with E-state index in [-0.39, 0.29) is 47.7 Å². The van der Waals surface area contributed by atoms with Crippen LogP contribution in [0.15, 0.2) is 0 Å². The van der Waals surface area contributed by atoms with Gasteiger partial charge in [0.1, 0.15) is 0 Å². The minimum Gasteiger partial charge on any atom is -0.466 e. The second-order valence-corrected chi connectivity index (χ2v) is 3.04. The summed E-state index contributed by atoms with van der Waals surface area (Å²) in [6.07, 6.45) is 3.83. The standard InChI is InChI=1S/C8H16O2.C4H10O.Ce/c1-3-5-6-7-8(9)10-4-2;1-3-5-4-2;/h3-7H2,1-2H3;3-4H2,1-2H3;. The number of carbonyl (C=O) groups is 1. The predicted molar refractivity (Wildman–Crippen MR) is 62.9 cm³/mol. The van der Waals surface area contributed by atoms with Crippen molar-refractivity contribution in [1.29, 1.82) is 0 Å². The Bertz CT molecular complexity index is 127. The molecule has 0 amide bonds. The van der Waals surface area contributed by atoms with E-state index in [1.165, 1.54) is 0 Å². The maximum Gasteiger partial charge on any atom is 0.305 e. The molecular formula is C12H26CeO3. The SMILES string of the molecule is CCCCCC(=O)OCC.CCOCC.[Ce]. The van der Waals surface area contributed by atoms with E-state index in [2.05, 4.69) is 6.92 Å². The van der Waals surface area contributed by atoms with Crippen molar-refractivity contribution in [3.05, 3.63) is 0 Å². The summed E-state index contributed by atoms with van der Waals surface area (Å²) in [5.74, 6) is -0.0593. The first kappa shape index (κ1) is 22.0. The zero-order chi connectivity index (χ0) is 11.9. The van der Waals surface area contributed by atoms with Crippen molar-refractivity contribution in [2.45, 2.75) is 53.4 Å². The van der Waals surface area contributed by atoms with Gasteiger partial charge in [-0.1, -0.05) is 19.8 Å². The predicted octanol–water partition coefficient (Wildman–Crippen LogP) is 3.17.